The maximum atomic E-state index is 4.06. The average Bonchev–Trinajstić information content (AvgIpc) is 2.42. The monoisotopic (exact) mass is 296 g/mol. The topological polar surface area (TPSA) is 0 Å². The molecule has 0 amide bonds. The number of fused-ring (bicyclic) bond motifs is 1. The molecule has 0 N–H and O–H groups in total. The van der Waals surface area contributed by atoms with Gasteiger partial charge in [-0.25, -0.2) is 0 Å². The molecule has 0 fully saturated rings. The minimum Gasteiger partial charge on any atom is -0.0988 e. The lowest BCUT2D eigenvalue weighted by molar-refractivity contribution is 0.0925. The Morgan fingerprint density at radius 1 is 1.00 bits per heavy atom. The predicted molar refractivity (Wildman–Crippen MR) is 98.8 cm³/mol. The Bertz CT molecular complexity index is 600. The summed E-state index contributed by atoms with van der Waals surface area (Å²) in [6, 6.07) is 0. The normalized spacial score (nSPS) is 29.2. The van der Waals surface area contributed by atoms with Gasteiger partial charge in [-0.2, -0.15) is 0 Å². The Labute approximate surface area is 137 Å². The van der Waals surface area contributed by atoms with Crippen LogP contribution >= 0.6 is 0 Å². The standard InChI is InChI=1S/C22H32/c1-9-11-12-18-14-22(7,8)20-19(16(18)4)15(3)17(10-2)13-21(20,5)6/h9-12,20H,2,13-14H2,1,3-8H3/b11-9+,18-12+. The van der Waals surface area contributed by atoms with Gasteiger partial charge in [-0.3, -0.25) is 0 Å². The molecule has 2 aliphatic carbocycles. The van der Waals surface area contributed by atoms with Crippen LogP contribution < -0.4 is 0 Å². The third-order valence-electron chi connectivity index (χ3n) is 5.65. The number of hydrogen-bond donors (Lipinski definition) is 0. The highest BCUT2D eigenvalue weighted by atomic mass is 14.5. The summed E-state index contributed by atoms with van der Waals surface area (Å²) >= 11 is 0. The van der Waals surface area contributed by atoms with Crippen molar-refractivity contribution < 1.29 is 0 Å². The zero-order chi connectivity index (χ0) is 16.7. The Kier molecular flexibility index (Phi) is 4.44. The molecule has 0 aliphatic heterocycles. The van der Waals surface area contributed by atoms with E-state index < -0.39 is 0 Å². The van der Waals surface area contributed by atoms with Gasteiger partial charge < -0.3 is 0 Å². The molecule has 0 aromatic rings. The van der Waals surface area contributed by atoms with E-state index in [0.717, 1.165) is 12.8 Å². The number of rotatable bonds is 2. The van der Waals surface area contributed by atoms with Gasteiger partial charge in [-0.1, -0.05) is 58.6 Å². The van der Waals surface area contributed by atoms with Crippen LogP contribution in [0, 0.1) is 16.7 Å². The highest BCUT2D eigenvalue weighted by Crippen LogP contribution is 2.59. The first kappa shape index (κ1) is 17.1. The molecule has 1 unspecified atom stereocenters. The number of allylic oxidation sites excluding steroid dienone is 9. The molecule has 0 bridgehead atoms. The van der Waals surface area contributed by atoms with Crippen LogP contribution in [0.3, 0.4) is 0 Å². The molecule has 0 heterocycles. The molecular weight excluding hydrogens is 264 g/mol. The largest absolute Gasteiger partial charge is 0.0988 e. The lowest BCUT2D eigenvalue weighted by Crippen LogP contribution is -2.43. The van der Waals surface area contributed by atoms with Crippen LogP contribution in [0.5, 0.6) is 0 Å². The van der Waals surface area contributed by atoms with Crippen molar-refractivity contribution in [2.75, 3.05) is 0 Å². The van der Waals surface area contributed by atoms with Gasteiger partial charge in [0, 0.05) is 0 Å². The van der Waals surface area contributed by atoms with Gasteiger partial charge in [-0.15, -0.1) is 0 Å². The van der Waals surface area contributed by atoms with E-state index in [2.05, 4.69) is 79.3 Å². The Balaban J connectivity index is 2.76. The van der Waals surface area contributed by atoms with Crippen LogP contribution in [-0.4, -0.2) is 0 Å². The summed E-state index contributed by atoms with van der Waals surface area (Å²) in [4.78, 5) is 0. The fourth-order valence-corrected chi connectivity index (χ4v) is 4.97. The fourth-order valence-electron chi connectivity index (χ4n) is 4.97. The van der Waals surface area contributed by atoms with E-state index in [-0.39, 0.29) is 5.41 Å². The summed E-state index contributed by atoms with van der Waals surface area (Å²) in [5.74, 6) is 0.617. The molecule has 22 heavy (non-hydrogen) atoms. The molecule has 120 valence electrons. The van der Waals surface area contributed by atoms with E-state index >= 15 is 0 Å². The molecule has 0 spiro atoms. The van der Waals surface area contributed by atoms with Gasteiger partial charge in [0.2, 0.25) is 0 Å². The van der Waals surface area contributed by atoms with Crippen LogP contribution in [0.4, 0.5) is 0 Å². The van der Waals surface area contributed by atoms with E-state index in [1.54, 1.807) is 5.57 Å². The van der Waals surface area contributed by atoms with Crippen molar-refractivity contribution in [3.8, 4) is 0 Å². The van der Waals surface area contributed by atoms with Gasteiger partial charge in [0.15, 0.2) is 0 Å². The molecule has 0 radical (unpaired) electrons. The van der Waals surface area contributed by atoms with Crippen LogP contribution in [-0.2, 0) is 0 Å². The fraction of sp³-hybridized carbons (Fsp3) is 0.545. The number of hydrogen-bond acceptors (Lipinski definition) is 0. The molecule has 1 atom stereocenters. The third-order valence-corrected chi connectivity index (χ3v) is 5.65. The summed E-state index contributed by atoms with van der Waals surface area (Å²) in [6.07, 6.45) is 11.0. The Morgan fingerprint density at radius 2 is 1.59 bits per heavy atom. The Morgan fingerprint density at radius 3 is 2.14 bits per heavy atom. The SMILES string of the molecule is C=CC1=C(C)C2=C(C)/C(=C/C=C/C)CC(C)(C)C2C(C)(C)C1. The summed E-state index contributed by atoms with van der Waals surface area (Å²) < 4.78 is 0. The van der Waals surface area contributed by atoms with Crippen LogP contribution in [0.25, 0.3) is 0 Å². The molecule has 2 aliphatic rings. The van der Waals surface area contributed by atoms with E-state index in [9.17, 15) is 0 Å². The maximum absolute atomic E-state index is 4.06. The van der Waals surface area contributed by atoms with Gasteiger partial charge in [0.25, 0.3) is 0 Å². The highest BCUT2D eigenvalue weighted by Gasteiger charge is 2.49. The first-order valence-electron chi connectivity index (χ1n) is 8.51. The van der Waals surface area contributed by atoms with Gasteiger partial charge in [-0.05, 0) is 78.2 Å². The van der Waals surface area contributed by atoms with E-state index in [1.807, 2.05) is 0 Å². The third kappa shape index (κ3) is 2.69. The van der Waals surface area contributed by atoms with Crippen molar-refractivity contribution in [2.24, 2.45) is 16.7 Å². The first-order chi connectivity index (χ1) is 10.2. The zero-order valence-electron chi connectivity index (χ0n) is 15.5. The maximum Gasteiger partial charge on any atom is -0.00475 e. The molecule has 0 saturated heterocycles. The molecule has 0 aromatic carbocycles. The highest BCUT2D eigenvalue weighted by molar-refractivity contribution is 5.55. The smallest absolute Gasteiger partial charge is 0.00475 e. The second kappa shape index (κ2) is 5.72. The Hall–Kier alpha value is -1.30. The quantitative estimate of drug-likeness (QED) is 0.526. The molecule has 0 nitrogen and oxygen atoms in total. The van der Waals surface area contributed by atoms with Gasteiger partial charge in [0.1, 0.15) is 0 Å². The van der Waals surface area contributed by atoms with Gasteiger partial charge >= 0.3 is 0 Å². The minimum absolute atomic E-state index is 0.287. The van der Waals surface area contributed by atoms with Crippen LogP contribution in [0.15, 0.2) is 58.7 Å². The second-order valence-corrected chi connectivity index (χ2v) is 8.37. The van der Waals surface area contributed by atoms with E-state index in [4.69, 9.17) is 0 Å². The summed E-state index contributed by atoms with van der Waals surface area (Å²) in [7, 11) is 0. The molecule has 2 rings (SSSR count). The van der Waals surface area contributed by atoms with Crippen molar-refractivity contribution >= 4 is 0 Å². The van der Waals surface area contributed by atoms with Crippen molar-refractivity contribution in [1.82, 2.24) is 0 Å². The molecular formula is C22H32. The zero-order valence-corrected chi connectivity index (χ0v) is 15.5. The van der Waals surface area contributed by atoms with Crippen molar-refractivity contribution in [2.45, 2.75) is 61.3 Å². The molecule has 0 saturated carbocycles. The van der Waals surface area contributed by atoms with Crippen LogP contribution in [0.1, 0.15) is 61.3 Å². The van der Waals surface area contributed by atoms with Crippen molar-refractivity contribution in [3.05, 3.63) is 58.7 Å². The lowest BCUT2D eigenvalue weighted by atomic mass is 9.51. The van der Waals surface area contributed by atoms with Crippen molar-refractivity contribution in [1.29, 1.82) is 0 Å². The predicted octanol–water partition coefficient (Wildman–Crippen LogP) is 6.78. The van der Waals surface area contributed by atoms with Crippen molar-refractivity contribution in [3.63, 3.8) is 0 Å². The molecule has 0 aromatic heterocycles. The lowest BCUT2D eigenvalue weighted by Gasteiger charge is -2.53. The summed E-state index contributed by atoms with van der Waals surface area (Å²) in [6.45, 7) is 20.5. The second-order valence-electron chi connectivity index (χ2n) is 8.37. The van der Waals surface area contributed by atoms with E-state index in [0.29, 0.717) is 11.3 Å². The molecule has 0 heteroatoms. The average molecular weight is 296 g/mol. The first-order valence-corrected chi connectivity index (χ1v) is 8.51. The van der Waals surface area contributed by atoms with E-state index in [1.165, 1.54) is 22.3 Å². The summed E-state index contributed by atoms with van der Waals surface area (Å²) in [5, 5.41) is 0. The van der Waals surface area contributed by atoms with Crippen LogP contribution in [0.2, 0.25) is 0 Å². The van der Waals surface area contributed by atoms with Gasteiger partial charge in [0.05, 0.1) is 0 Å². The summed E-state index contributed by atoms with van der Waals surface area (Å²) in [5.41, 5.74) is 8.05. The minimum atomic E-state index is 0.287.